The van der Waals surface area contributed by atoms with Gasteiger partial charge in [-0.3, -0.25) is 0 Å². The van der Waals surface area contributed by atoms with Crippen molar-refractivity contribution >= 4 is 17.8 Å². The molecule has 2 aromatic carbocycles. The molecule has 2 aromatic rings. The molecule has 1 saturated heterocycles. The van der Waals surface area contributed by atoms with Crippen molar-refractivity contribution in [3.05, 3.63) is 94.7 Å². The van der Waals surface area contributed by atoms with Crippen LogP contribution in [-0.4, -0.2) is 102 Å². The molecule has 6 unspecified atom stereocenters. The number of methoxy groups -OCH3 is 1. The molecule has 238 valence electrons. The predicted octanol–water partition coefficient (Wildman–Crippen LogP) is 1.30. The molecule has 9 N–H and O–H groups in total. The fourth-order valence-corrected chi connectivity index (χ4v) is 4.78. The molecule has 5 rings (SSSR count). The number of allylic oxidation sites excluding steroid dienone is 2. The van der Waals surface area contributed by atoms with E-state index in [1.165, 1.54) is 43.5 Å². The molecule has 3 aliphatic rings. The monoisotopic (exact) mass is 627 g/mol. The Balaban J connectivity index is 1.40. The molecule has 2 heterocycles. The van der Waals surface area contributed by atoms with Crippen LogP contribution in [0.1, 0.15) is 11.1 Å². The number of aliphatic hydroxyl groups excluding tert-OH is 5. The summed E-state index contributed by atoms with van der Waals surface area (Å²) < 4.78 is 26.4. The van der Waals surface area contributed by atoms with E-state index in [9.17, 15) is 45.6 Å². The average molecular weight is 628 g/mol. The molecular weight excluding hydrogens is 596 g/mol. The Morgan fingerprint density at radius 1 is 0.978 bits per heavy atom. The predicted molar refractivity (Wildman–Crippen MR) is 155 cm³/mol. The molecule has 45 heavy (non-hydrogen) atoms. The second-order valence-corrected chi connectivity index (χ2v) is 10.2. The van der Waals surface area contributed by atoms with Gasteiger partial charge < -0.3 is 64.5 Å². The quantitative estimate of drug-likeness (QED) is 0.0894. The highest BCUT2D eigenvalue weighted by atomic mass is 16.7. The van der Waals surface area contributed by atoms with Crippen molar-refractivity contribution in [1.29, 1.82) is 0 Å². The van der Waals surface area contributed by atoms with Gasteiger partial charge in [0.15, 0.2) is 11.5 Å². The zero-order valence-corrected chi connectivity index (χ0v) is 23.6. The number of aromatic hydroxyl groups is 3. The summed E-state index contributed by atoms with van der Waals surface area (Å²) in [6.45, 7) is -0.542. The van der Waals surface area contributed by atoms with E-state index >= 15 is 0 Å². The Morgan fingerprint density at radius 2 is 1.71 bits per heavy atom. The second kappa shape index (κ2) is 12.8. The first-order valence-corrected chi connectivity index (χ1v) is 13.5. The van der Waals surface area contributed by atoms with Crippen LogP contribution in [-0.2, 0) is 19.0 Å². The minimum absolute atomic E-state index is 0.00913. The van der Waals surface area contributed by atoms with Gasteiger partial charge in [0.05, 0.1) is 24.3 Å². The molecule has 0 amide bonds. The van der Waals surface area contributed by atoms with E-state index in [1.807, 2.05) is 0 Å². The largest absolute Gasteiger partial charge is 0.571 e. The number of carbonyl (C=O) groups excluding carboxylic acids is 1. The lowest BCUT2D eigenvalue weighted by Gasteiger charge is -2.40. The van der Waals surface area contributed by atoms with Crippen LogP contribution in [0.5, 0.6) is 23.0 Å². The number of benzene rings is 2. The number of fused-ring (bicyclic) bond motifs is 1. The van der Waals surface area contributed by atoms with Crippen LogP contribution in [0.2, 0.25) is 0 Å². The maximum Gasteiger partial charge on any atom is 0.330 e. The van der Waals surface area contributed by atoms with Gasteiger partial charge in [0.25, 0.3) is 0 Å². The zero-order valence-electron chi connectivity index (χ0n) is 23.6. The van der Waals surface area contributed by atoms with Crippen LogP contribution in [0.25, 0.3) is 11.8 Å². The lowest BCUT2D eigenvalue weighted by atomic mass is 9.96. The third-order valence-electron chi connectivity index (χ3n) is 7.17. The molecule has 2 aliphatic heterocycles. The summed E-state index contributed by atoms with van der Waals surface area (Å²) in [5, 5.41) is 82.1. The van der Waals surface area contributed by atoms with Crippen molar-refractivity contribution in [2.24, 2.45) is 0 Å². The van der Waals surface area contributed by atoms with Crippen molar-refractivity contribution in [2.75, 3.05) is 13.7 Å². The summed E-state index contributed by atoms with van der Waals surface area (Å²) >= 11 is 0. The van der Waals surface area contributed by atoms with Gasteiger partial charge in [-0.05, 0) is 23.8 Å². The standard InChI is InChI=1S/C31H30O14/c1-41-22-9-15(8-20(35)26(22)37)30-23(12-18-19(34)10-17(33)11-21(18)43-30)44-31-29(40)28(39)27(38)24(45-31)13-42-25(36)7-4-14-2-5-16(32)6-3-14/h2-12,21,24,27-29,31-35,37-40H,13H2,1H3/p+1. The van der Waals surface area contributed by atoms with E-state index in [0.29, 0.717) is 5.56 Å². The van der Waals surface area contributed by atoms with Crippen molar-refractivity contribution in [3.63, 3.8) is 0 Å². The van der Waals surface area contributed by atoms with Gasteiger partial charge in [-0.25, -0.2) is 4.79 Å². The van der Waals surface area contributed by atoms with Gasteiger partial charge in [0.2, 0.25) is 23.9 Å². The van der Waals surface area contributed by atoms with E-state index in [-0.39, 0.29) is 45.7 Å². The topological polar surface area (TPSA) is 229 Å². The minimum Gasteiger partial charge on any atom is -0.571 e. The number of esters is 1. The molecule has 0 spiro atoms. The second-order valence-electron chi connectivity index (χ2n) is 10.2. The summed E-state index contributed by atoms with van der Waals surface area (Å²) in [4.78, 5) is 12.3. The zero-order chi connectivity index (χ0) is 32.4. The van der Waals surface area contributed by atoms with Crippen LogP contribution < -0.4 is 4.74 Å². The SMILES string of the molecule is COc1cc(C2=C(OC3OC(COC(=O)C=Cc4ccc(O)cc4)C(O)C(O)C3O)C=C3C(O)=CC(O)=CC3[OH+]2)cc(O)c1O. The molecule has 14 nitrogen and oxygen atoms in total. The molecule has 1 fully saturated rings. The van der Waals surface area contributed by atoms with Gasteiger partial charge in [0.1, 0.15) is 48.3 Å². The normalized spacial score (nSPS) is 26.3. The highest BCUT2D eigenvalue weighted by molar-refractivity contribution is 5.87. The van der Waals surface area contributed by atoms with Crippen molar-refractivity contribution in [3.8, 4) is 23.0 Å². The van der Waals surface area contributed by atoms with Gasteiger partial charge >= 0.3 is 11.7 Å². The smallest absolute Gasteiger partial charge is 0.330 e. The lowest BCUT2D eigenvalue weighted by molar-refractivity contribution is -0.291. The van der Waals surface area contributed by atoms with Gasteiger partial charge in [0, 0.05) is 30.4 Å². The van der Waals surface area contributed by atoms with Gasteiger partial charge in [-0.1, -0.05) is 12.1 Å². The van der Waals surface area contributed by atoms with Crippen LogP contribution in [0.4, 0.5) is 0 Å². The number of phenolic OH excluding ortho intramolecular Hbond substituents is 3. The van der Waals surface area contributed by atoms with Crippen molar-refractivity contribution < 1.29 is 69.3 Å². The highest BCUT2D eigenvalue weighted by Crippen LogP contribution is 2.42. The first-order chi connectivity index (χ1) is 21.4. The van der Waals surface area contributed by atoms with Crippen LogP contribution >= 0.6 is 0 Å². The van der Waals surface area contributed by atoms with E-state index in [0.717, 1.165) is 18.2 Å². The lowest BCUT2D eigenvalue weighted by Crippen LogP contribution is -2.59. The van der Waals surface area contributed by atoms with Gasteiger partial charge in [-0.2, -0.15) is 0 Å². The fraction of sp³-hybridized carbons (Fsp3) is 0.258. The molecule has 0 bridgehead atoms. The summed E-state index contributed by atoms with van der Waals surface area (Å²) in [7, 11) is 1.26. The Labute approximate surface area is 255 Å². The molecule has 0 saturated carbocycles. The molecule has 0 radical (unpaired) electrons. The van der Waals surface area contributed by atoms with E-state index < -0.39 is 60.9 Å². The molecule has 6 atom stereocenters. The maximum absolute atomic E-state index is 12.3. The number of hydrogen-bond donors (Lipinski definition) is 8. The number of carbonyl (C=O) groups is 1. The highest BCUT2D eigenvalue weighted by Gasteiger charge is 2.47. The molecular formula is C31H31O14+. The van der Waals surface area contributed by atoms with Crippen LogP contribution in [0.3, 0.4) is 0 Å². The summed E-state index contributed by atoms with van der Waals surface area (Å²) in [6.07, 6.45) is -2.90. The van der Waals surface area contributed by atoms with Gasteiger partial charge in [-0.15, -0.1) is 0 Å². The number of ether oxygens (including phenoxy) is 5. The number of phenols is 3. The first kappa shape index (κ1) is 31.3. The summed E-state index contributed by atoms with van der Waals surface area (Å²) in [6, 6.07) is 8.51. The Kier molecular flexibility index (Phi) is 8.92. The Bertz CT molecular complexity index is 1600. The van der Waals surface area contributed by atoms with Crippen molar-refractivity contribution in [1.82, 2.24) is 0 Å². The summed E-state index contributed by atoms with van der Waals surface area (Å²) in [5.41, 5.74) is 0.956. The minimum atomic E-state index is -1.81. The Hall–Kier alpha value is -5.15. The third-order valence-corrected chi connectivity index (χ3v) is 7.17. The van der Waals surface area contributed by atoms with E-state index in [4.69, 9.17) is 18.9 Å². The van der Waals surface area contributed by atoms with Crippen molar-refractivity contribution in [2.45, 2.75) is 36.8 Å². The van der Waals surface area contributed by atoms with Crippen LogP contribution in [0, 0.1) is 0 Å². The van der Waals surface area contributed by atoms with E-state index in [1.54, 1.807) is 12.1 Å². The third kappa shape index (κ3) is 6.68. The fourth-order valence-electron chi connectivity index (χ4n) is 4.78. The maximum atomic E-state index is 12.3. The average Bonchev–Trinajstić information content (AvgIpc) is 3.01. The number of rotatable bonds is 8. The number of hydrogen-bond acceptors (Lipinski definition) is 13. The Morgan fingerprint density at radius 3 is 2.42 bits per heavy atom. The molecule has 14 heteroatoms. The molecule has 0 aromatic heterocycles. The molecule has 1 aliphatic carbocycles. The van der Waals surface area contributed by atoms with E-state index in [2.05, 4.69) is 4.74 Å². The summed E-state index contributed by atoms with van der Waals surface area (Å²) in [5.74, 6) is -2.67. The van der Waals surface area contributed by atoms with Crippen LogP contribution in [0.15, 0.2) is 83.6 Å². The number of aliphatic hydroxyl groups is 7. The first-order valence-electron chi connectivity index (χ1n) is 13.5.